The van der Waals surface area contributed by atoms with E-state index < -0.39 is 0 Å². The molecule has 4 heteroatoms. The van der Waals surface area contributed by atoms with Crippen molar-refractivity contribution in [1.82, 2.24) is 10.2 Å². The van der Waals surface area contributed by atoms with Crippen molar-refractivity contribution < 1.29 is 9.53 Å². The maximum atomic E-state index is 12.2. The first-order chi connectivity index (χ1) is 12.6. The zero-order valence-electron chi connectivity index (χ0n) is 15.8. The average Bonchev–Trinajstić information content (AvgIpc) is 2.65. The molecule has 2 aromatic rings. The van der Waals surface area contributed by atoms with Crippen molar-refractivity contribution in [3.8, 4) is 0 Å². The Labute approximate surface area is 156 Å². The van der Waals surface area contributed by atoms with Crippen LogP contribution in [0.4, 0.5) is 0 Å². The van der Waals surface area contributed by atoms with E-state index in [1.165, 1.54) is 16.7 Å². The van der Waals surface area contributed by atoms with Gasteiger partial charge in [0.1, 0.15) is 0 Å². The monoisotopic (exact) mass is 352 g/mol. The van der Waals surface area contributed by atoms with Crippen molar-refractivity contribution in [1.29, 1.82) is 0 Å². The zero-order chi connectivity index (χ0) is 18.4. The van der Waals surface area contributed by atoms with Crippen LogP contribution in [0.2, 0.25) is 0 Å². The van der Waals surface area contributed by atoms with Crippen LogP contribution in [0.15, 0.2) is 42.5 Å². The highest BCUT2D eigenvalue weighted by Gasteiger charge is 2.10. The van der Waals surface area contributed by atoms with E-state index in [1.807, 2.05) is 6.07 Å². The Morgan fingerprint density at radius 3 is 2.31 bits per heavy atom. The molecule has 1 saturated heterocycles. The lowest BCUT2D eigenvalue weighted by molar-refractivity contribution is -0.120. The SMILES string of the molecule is Cc1ccc(CC(=O)NCc2ccc(CN3CCOCC3)cc2)cc1C. The van der Waals surface area contributed by atoms with Gasteiger partial charge in [-0.15, -0.1) is 0 Å². The van der Waals surface area contributed by atoms with E-state index in [2.05, 4.69) is 60.5 Å². The second-order valence-electron chi connectivity index (χ2n) is 7.08. The number of hydrogen-bond donors (Lipinski definition) is 1. The number of aryl methyl sites for hydroxylation is 2. The summed E-state index contributed by atoms with van der Waals surface area (Å²) in [4.78, 5) is 14.6. The minimum absolute atomic E-state index is 0.0608. The smallest absolute Gasteiger partial charge is 0.224 e. The summed E-state index contributed by atoms with van der Waals surface area (Å²) in [7, 11) is 0. The molecule has 0 bridgehead atoms. The zero-order valence-corrected chi connectivity index (χ0v) is 15.8. The molecule has 0 saturated carbocycles. The van der Waals surface area contributed by atoms with Crippen molar-refractivity contribution in [3.63, 3.8) is 0 Å². The van der Waals surface area contributed by atoms with Crippen molar-refractivity contribution in [2.75, 3.05) is 26.3 Å². The summed E-state index contributed by atoms with van der Waals surface area (Å²) in [5.74, 6) is 0.0608. The maximum Gasteiger partial charge on any atom is 0.224 e. The van der Waals surface area contributed by atoms with Crippen molar-refractivity contribution in [2.45, 2.75) is 33.4 Å². The highest BCUT2D eigenvalue weighted by Crippen LogP contribution is 2.11. The summed E-state index contributed by atoms with van der Waals surface area (Å²) >= 11 is 0. The fourth-order valence-corrected chi connectivity index (χ4v) is 3.14. The van der Waals surface area contributed by atoms with Crippen molar-refractivity contribution in [3.05, 3.63) is 70.3 Å². The van der Waals surface area contributed by atoms with Gasteiger partial charge < -0.3 is 10.1 Å². The molecule has 1 N–H and O–H groups in total. The first-order valence-electron chi connectivity index (χ1n) is 9.31. The van der Waals surface area contributed by atoms with Crippen LogP contribution in [0, 0.1) is 13.8 Å². The number of carbonyl (C=O) groups excluding carboxylic acids is 1. The third-order valence-corrected chi connectivity index (χ3v) is 4.96. The van der Waals surface area contributed by atoms with Crippen molar-refractivity contribution >= 4 is 5.91 Å². The van der Waals surface area contributed by atoms with E-state index in [0.29, 0.717) is 13.0 Å². The fraction of sp³-hybridized carbons (Fsp3) is 0.409. The Morgan fingerprint density at radius 1 is 0.962 bits per heavy atom. The van der Waals surface area contributed by atoms with Gasteiger partial charge in [0.25, 0.3) is 0 Å². The number of morpholine rings is 1. The normalized spacial score (nSPS) is 15.0. The highest BCUT2D eigenvalue weighted by molar-refractivity contribution is 5.78. The third kappa shape index (κ3) is 5.41. The van der Waals surface area contributed by atoms with Crippen LogP contribution in [0.1, 0.15) is 27.8 Å². The minimum atomic E-state index is 0.0608. The molecule has 1 amide bonds. The highest BCUT2D eigenvalue weighted by atomic mass is 16.5. The van der Waals surface area contributed by atoms with E-state index in [4.69, 9.17) is 4.74 Å². The first kappa shape index (κ1) is 18.6. The second-order valence-corrected chi connectivity index (χ2v) is 7.08. The fourth-order valence-electron chi connectivity index (χ4n) is 3.14. The predicted octanol–water partition coefficient (Wildman–Crippen LogP) is 2.99. The summed E-state index contributed by atoms with van der Waals surface area (Å²) in [6, 6.07) is 14.7. The molecule has 0 aromatic heterocycles. The van der Waals surface area contributed by atoms with Crippen LogP contribution >= 0.6 is 0 Å². The summed E-state index contributed by atoms with van der Waals surface area (Å²) < 4.78 is 5.38. The molecule has 2 aromatic carbocycles. The van der Waals surface area contributed by atoms with E-state index in [0.717, 1.165) is 44.0 Å². The van der Waals surface area contributed by atoms with Crippen LogP contribution in [-0.2, 0) is 29.0 Å². The molecule has 0 aliphatic carbocycles. The predicted molar refractivity (Wildman–Crippen MR) is 104 cm³/mol. The molecule has 4 nitrogen and oxygen atoms in total. The van der Waals surface area contributed by atoms with Gasteiger partial charge in [-0.05, 0) is 41.7 Å². The summed E-state index contributed by atoms with van der Waals surface area (Å²) in [6.45, 7) is 9.34. The van der Waals surface area contributed by atoms with E-state index >= 15 is 0 Å². The largest absolute Gasteiger partial charge is 0.379 e. The van der Waals surface area contributed by atoms with Gasteiger partial charge in [-0.3, -0.25) is 9.69 Å². The van der Waals surface area contributed by atoms with Gasteiger partial charge in [-0.25, -0.2) is 0 Å². The Kier molecular flexibility index (Phi) is 6.42. The molecule has 138 valence electrons. The van der Waals surface area contributed by atoms with Gasteiger partial charge in [0.05, 0.1) is 19.6 Å². The van der Waals surface area contributed by atoms with Gasteiger partial charge in [-0.2, -0.15) is 0 Å². The van der Waals surface area contributed by atoms with Crippen LogP contribution in [0.25, 0.3) is 0 Å². The number of benzene rings is 2. The summed E-state index contributed by atoms with van der Waals surface area (Å²) in [6.07, 6.45) is 0.427. The van der Waals surface area contributed by atoms with Gasteiger partial charge in [0.2, 0.25) is 5.91 Å². The Bertz CT molecular complexity index is 734. The molecule has 0 spiro atoms. The van der Waals surface area contributed by atoms with Crippen LogP contribution in [0.3, 0.4) is 0 Å². The number of carbonyl (C=O) groups is 1. The number of ether oxygens (including phenoxy) is 1. The lowest BCUT2D eigenvalue weighted by atomic mass is 10.0. The molecular weight excluding hydrogens is 324 g/mol. The average molecular weight is 352 g/mol. The van der Waals surface area contributed by atoms with Gasteiger partial charge in [0, 0.05) is 26.2 Å². The standard InChI is InChI=1S/C22H28N2O2/c1-17-3-4-21(13-18(17)2)14-22(25)23-15-19-5-7-20(8-6-19)16-24-9-11-26-12-10-24/h3-8,13H,9-12,14-16H2,1-2H3,(H,23,25). The quantitative estimate of drug-likeness (QED) is 0.869. The van der Waals surface area contributed by atoms with Crippen LogP contribution in [-0.4, -0.2) is 37.1 Å². The molecule has 0 atom stereocenters. The van der Waals surface area contributed by atoms with Gasteiger partial charge in [0.15, 0.2) is 0 Å². The van der Waals surface area contributed by atoms with Gasteiger partial charge in [-0.1, -0.05) is 42.5 Å². The topological polar surface area (TPSA) is 41.6 Å². The molecule has 0 unspecified atom stereocenters. The Hall–Kier alpha value is -2.17. The number of amides is 1. The number of hydrogen-bond acceptors (Lipinski definition) is 3. The molecular formula is C22H28N2O2. The molecule has 1 heterocycles. The molecule has 1 aliphatic rings. The summed E-state index contributed by atoms with van der Waals surface area (Å²) in [5, 5.41) is 3.02. The molecule has 0 radical (unpaired) electrons. The van der Waals surface area contributed by atoms with Crippen LogP contribution < -0.4 is 5.32 Å². The Balaban J connectivity index is 1.46. The van der Waals surface area contributed by atoms with E-state index in [-0.39, 0.29) is 5.91 Å². The van der Waals surface area contributed by atoms with Crippen molar-refractivity contribution in [2.24, 2.45) is 0 Å². The van der Waals surface area contributed by atoms with Gasteiger partial charge >= 0.3 is 0 Å². The second kappa shape index (κ2) is 8.97. The number of nitrogens with zero attached hydrogens (tertiary/aromatic N) is 1. The third-order valence-electron chi connectivity index (χ3n) is 4.96. The van der Waals surface area contributed by atoms with Crippen LogP contribution in [0.5, 0.6) is 0 Å². The molecule has 1 fully saturated rings. The number of nitrogens with one attached hydrogen (secondary N) is 1. The number of rotatable bonds is 6. The first-order valence-corrected chi connectivity index (χ1v) is 9.31. The lowest BCUT2D eigenvalue weighted by Gasteiger charge is -2.26. The molecule has 3 rings (SSSR count). The molecule has 1 aliphatic heterocycles. The minimum Gasteiger partial charge on any atom is -0.379 e. The molecule has 26 heavy (non-hydrogen) atoms. The van der Waals surface area contributed by atoms with E-state index in [1.54, 1.807) is 0 Å². The summed E-state index contributed by atoms with van der Waals surface area (Å²) in [5.41, 5.74) is 5.98. The Morgan fingerprint density at radius 2 is 1.62 bits per heavy atom. The maximum absolute atomic E-state index is 12.2. The lowest BCUT2D eigenvalue weighted by Crippen LogP contribution is -2.35. The van der Waals surface area contributed by atoms with E-state index in [9.17, 15) is 4.79 Å².